The molecule has 2 aromatic heterocycles. The summed E-state index contributed by atoms with van der Waals surface area (Å²) in [4.78, 5) is 7.94. The van der Waals surface area contributed by atoms with Crippen LogP contribution in [-0.2, 0) is 15.9 Å². The van der Waals surface area contributed by atoms with Gasteiger partial charge in [-0.25, -0.2) is 9.97 Å². The molecule has 0 N–H and O–H groups in total. The molecular formula is C90H120N4O2. The van der Waals surface area contributed by atoms with Crippen molar-refractivity contribution < 1.29 is 12.3 Å². The van der Waals surface area contributed by atoms with Crippen LogP contribution in [0.4, 0.5) is 0 Å². The molecule has 0 spiro atoms. The lowest BCUT2D eigenvalue weighted by Crippen LogP contribution is -2.27. The molecule has 11 aromatic rings. The monoisotopic (exact) mass is 1290 g/mol. The van der Waals surface area contributed by atoms with Gasteiger partial charge in [0.1, 0.15) is 5.82 Å². The summed E-state index contributed by atoms with van der Waals surface area (Å²) in [5, 5.41) is 15.8. The standard InChI is InChI=1S/C12H12.C12H16.2C12H12.C8H16.2C8H10.2C6H8N2.C6H12O2.2H2/c1-9-3-5-12-8-10(2)4-6-11(12)7-9;2*1-9-5-3-8-12-10(2)6-4-7-11(9)12;1-9-7-8-10(2)12-6-4-3-5-11(9)12;3*1-7-3-5-8(2)6-4-7;1-5-3-7-6(2)8-4-5;1-5-3-4-6(2)8-7-5;1-5-3-7-6(2)8-4-5;;/h3-8H,1-2H3;3,5,8,10H,4,6-7H2,1-2H3;2*3-8H,1-2H3;7-8H,3-6H2,1-2H3;2*3-6H,1-2H3;2*3-4H,1-2H3;5-6H,3-4H2,1-2H3;2*1H. The topological polar surface area (TPSA) is 70.0 Å². The molecule has 9 aromatic carbocycles. The zero-order valence-electron chi connectivity index (χ0n) is 62.4. The first kappa shape index (κ1) is 78.5. The molecule has 2 aliphatic carbocycles. The Kier molecular flexibility index (Phi) is 34.1. The van der Waals surface area contributed by atoms with Crippen LogP contribution in [0.1, 0.15) is 177 Å². The fourth-order valence-corrected chi connectivity index (χ4v) is 11.3. The molecule has 1 aliphatic heterocycles. The Hall–Kier alpha value is -8.16. The maximum Gasteiger partial charge on any atom is 0.154 e. The molecule has 512 valence electrons. The van der Waals surface area contributed by atoms with Crippen LogP contribution in [-0.4, -0.2) is 39.7 Å². The summed E-state index contributed by atoms with van der Waals surface area (Å²) < 4.78 is 10.3. The quantitative estimate of drug-likeness (QED) is 0.151. The molecule has 3 aliphatic rings. The van der Waals surface area contributed by atoms with E-state index in [0.717, 1.165) is 53.7 Å². The molecule has 3 heterocycles. The van der Waals surface area contributed by atoms with Crippen molar-refractivity contribution in [3.63, 3.8) is 0 Å². The molecule has 96 heavy (non-hydrogen) atoms. The molecule has 0 radical (unpaired) electrons. The van der Waals surface area contributed by atoms with E-state index < -0.39 is 0 Å². The van der Waals surface area contributed by atoms with Crippen molar-refractivity contribution in [2.45, 2.75) is 196 Å². The fourth-order valence-electron chi connectivity index (χ4n) is 11.3. The Morgan fingerprint density at radius 1 is 0.333 bits per heavy atom. The number of hydrogen-bond donors (Lipinski definition) is 0. The van der Waals surface area contributed by atoms with Gasteiger partial charge in [-0.15, -0.1) is 0 Å². The first-order valence-corrected chi connectivity index (χ1v) is 35.1. The first-order chi connectivity index (χ1) is 45.8. The molecule has 0 bridgehead atoms. The number of rotatable bonds is 0. The minimum absolute atomic E-state index is 0. The lowest BCUT2D eigenvalue weighted by molar-refractivity contribution is -0.187. The van der Waals surface area contributed by atoms with Crippen LogP contribution in [0.15, 0.2) is 200 Å². The largest absolute Gasteiger partial charge is 0.353 e. The van der Waals surface area contributed by atoms with Crippen LogP contribution in [0.5, 0.6) is 0 Å². The van der Waals surface area contributed by atoms with E-state index in [1.165, 1.54) is 138 Å². The smallest absolute Gasteiger partial charge is 0.154 e. The van der Waals surface area contributed by atoms with E-state index in [0.29, 0.717) is 5.92 Å². The van der Waals surface area contributed by atoms with E-state index >= 15 is 0 Å². The molecule has 0 amide bonds. The van der Waals surface area contributed by atoms with E-state index in [1.54, 1.807) is 11.1 Å². The van der Waals surface area contributed by atoms with Crippen LogP contribution < -0.4 is 0 Å². The summed E-state index contributed by atoms with van der Waals surface area (Å²) in [6.07, 6.45) is 13.6. The molecule has 1 saturated carbocycles. The van der Waals surface area contributed by atoms with Crippen LogP contribution in [0.3, 0.4) is 0 Å². The second kappa shape index (κ2) is 41.7. The molecule has 14 rings (SSSR count). The molecule has 2 fully saturated rings. The molecule has 1 atom stereocenters. The third-order valence-electron chi connectivity index (χ3n) is 17.7. The summed E-state index contributed by atoms with van der Waals surface area (Å²) in [6, 6.07) is 66.5. The zero-order chi connectivity index (χ0) is 70.1. The van der Waals surface area contributed by atoms with Gasteiger partial charge >= 0.3 is 0 Å². The Morgan fingerprint density at radius 2 is 0.688 bits per heavy atom. The van der Waals surface area contributed by atoms with E-state index in [2.05, 4.69) is 300 Å². The Labute approximate surface area is 583 Å². The molecule has 6 nitrogen and oxygen atoms in total. The second-order valence-electron chi connectivity index (χ2n) is 27.4. The van der Waals surface area contributed by atoms with Gasteiger partial charge in [-0.1, -0.05) is 263 Å². The third-order valence-corrected chi connectivity index (χ3v) is 17.7. The van der Waals surface area contributed by atoms with E-state index in [9.17, 15) is 0 Å². The highest BCUT2D eigenvalue weighted by molar-refractivity contribution is 5.89. The highest BCUT2D eigenvalue weighted by atomic mass is 16.7. The second-order valence-corrected chi connectivity index (χ2v) is 27.4. The number of ether oxygens (including phenoxy) is 2. The molecule has 1 unspecified atom stereocenters. The van der Waals surface area contributed by atoms with Gasteiger partial charge in [0.05, 0.1) is 24.6 Å². The lowest BCUT2D eigenvalue weighted by Gasteiger charge is -2.24. The average molecular weight is 1290 g/mol. The Bertz CT molecular complexity index is 3540. The van der Waals surface area contributed by atoms with Gasteiger partial charge in [-0.3, -0.25) is 0 Å². The van der Waals surface area contributed by atoms with Gasteiger partial charge in [0.2, 0.25) is 0 Å². The van der Waals surface area contributed by atoms with Crippen molar-refractivity contribution in [3.8, 4) is 0 Å². The summed E-state index contributed by atoms with van der Waals surface area (Å²) >= 11 is 0. The Morgan fingerprint density at radius 3 is 1.05 bits per heavy atom. The van der Waals surface area contributed by atoms with Crippen molar-refractivity contribution in [2.24, 2.45) is 17.8 Å². The van der Waals surface area contributed by atoms with Crippen LogP contribution >= 0.6 is 0 Å². The average Bonchev–Trinajstić information content (AvgIpc) is 0.847. The van der Waals surface area contributed by atoms with Crippen molar-refractivity contribution >= 4 is 32.3 Å². The van der Waals surface area contributed by atoms with E-state index in [1.807, 2.05) is 59.1 Å². The number of benzene rings is 9. The summed E-state index contributed by atoms with van der Waals surface area (Å²) in [7, 11) is 0. The maximum atomic E-state index is 5.17. The normalized spacial score (nSPS) is 16.4. The number of fused-ring (bicyclic) bond motifs is 4. The van der Waals surface area contributed by atoms with Gasteiger partial charge in [0, 0.05) is 21.2 Å². The third kappa shape index (κ3) is 29.0. The fraction of sp³-hybridized carbons (Fsp3) is 0.378. The molecule has 6 heteroatoms. The maximum absolute atomic E-state index is 5.17. The molecular weight excluding hydrogens is 1170 g/mol. The van der Waals surface area contributed by atoms with Crippen LogP contribution in [0.25, 0.3) is 32.3 Å². The summed E-state index contributed by atoms with van der Waals surface area (Å²) in [5.41, 5.74) is 21.1. The van der Waals surface area contributed by atoms with E-state index in [-0.39, 0.29) is 9.14 Å². The van der Waals surface area contributed by atoms with Gasteiger partial charge in [0.15, 0.2) is 6.29 Å². The summed E-state index contributed by atoms with van der Waals surface area (Å²) in [5.74, 6) is 4.23. The van der Waals surface area contributed by atoms with Crippen molar-refractivity contribution in [3.05, 3.63) is 296 Å². The number of aromatic nitrogens is 4. The highest BCUT2D eigenvalue weighted by Gasteiger charge is 2.17. The highest BCUT2D eigenvalue weighted by Crippen LogP contribution is 2.33. The minimum Gasteiger partial charge on any atom is -0.353 e. The predicted molar refractivity (Wildman–Crippen MR) is 419 cm³/mol. The number of nitrogens with zero attached hydrogens (tertiary/aromatic N) is 4. The van der Waals surface area contributed by atoms with Gasteiger partial charge < -0.3 is 9.47 Å². The van der Waals surface area contributed by atoms with Crippen LogP contribution in [0, 0.1) is 122 Å². The van der Waals surface area contributed by atoms with Crippen LogP contribution in [0.2, 0.25) is 0 Å². The van der Waals surface area contributed by atoms with Crippen molar-refractivity contribution in [1.29, 1.82) is 0 Å². The Balaban J connectivity index is 0.000000284. The SMILES string of the molecule is CC1CCC(C)CC1.CC1COC(C)OC1.Cc1ccc(C)c2ccccc12.Cc1ccc(C)cc1.Cc1ccc(C)cc1.Cc1ccc(C)nn1.Cc1ccc2cc(C)ccc2c1.Cc1cccc2c(C)cccc12.Cc1cccc2c1CCCC2C.Cc1cnc(C)nc1.[HH].[HH]. The zero-order valence-corrected chi connectivity index (χ0v) is 62.4. The lowest BCUT2D eigenvalue weighted by atomic mass is 9.82. The minimum atomic E-state index is 0. The summed E-state index contributed by atoms with van der Waals surface area (Å²) in [6.45, 7) is 44.0. The van der Waals surface area contributed by atoms with Gasteiger partial charge in [-0.05, 0) is 237 Å². The van der Waals surface area contributed by atoms with Crippen molar-refractivity contribution in [2.75, 3.05) is 13.2 Å². The molecule has 1 saturated heterocycles. The van der Waals surface area contributed by atoms with Crippen molar-refractivity contribution in [1.82, 2.24) is 20.2 Å². The number of hydrogen-bond acceptors (Lipinski definition) is 6. The van der Waals surface area contributed by atoms with Gasteiger partial charge in [-0.2, -0.15) is 10.2 Å². The van der Waals surface area contributed by atoms with Gasteiger partial charge in [0.25, 0.3) is 0 Å². The number of aryl methyl sites for hydroxylation is 15. The predicted octanol–water partition coefficient (Wildman–Crippen LogP) is 24.9. The van der Waals surface area contributed by atoms with E-state index in [4.69, 9.17) is 9.47 Å². The first-order valence-electron chi connectivity index (χ1n) is 35.1.